The molecular weight excluding hydrogens is 284 g/mol. The Morgan fingerprint density at radius 1 is 1.14 bits per heavy atom. The summed E-state index contributed by atoms with van der Waals surface area (Å²) in [6.45, 7) is 6.81. The lowest BCUT2D eigenvalue weighted by molar-refractivity contribution is 0.349. The Kier molecular flexibility index (Phi) is 6.84. The van der Waals surface area contributed by atoms with Crippen LogP contribution < -0.4 is 5.32 Å². The second kappa shape index (κ2) is 7.92. The first-order valence-electron chi connectivity index (χ1n) is 7.66. The van der Waals surface area contributed by atoms with Gasteiger partial charge < -0.3 is 5.32 Å². The Hall–Kier alpha value is -0.910. The second-order valence-electron chi connectivity index (χ2n) is 5.31. The lowest BCUT2D eigenvalue weighted by Gasteiger charge is -2.26. The van der Waals surface area contributed by atoms with Crippen molar-refractivity contribution in [2.24, 2.45) is 0 Å². The zero-order valence-corrected chi connectivity index (χ0v) is 14.6. The van der Waals surface area contributed by atoms with Crippen molar-refractivity contribution in [1.29, 1.82) is 0 Å². The maximum Gasteiger partial charge on any atom is 0.243 e. The summed E-state index contributed by atoms with van der Waals surface area (Å²) in [4.78, 5) is 0.388. The fourth-order valence-corrected chi connectivity index (χ4v) is 4.18. The number of hydrogen-bond acceptors (Lipinski definition) is 3. The molecule has 120 valence electrons. The molecule has 0 saturated carbocycles. The molecule has 21 heavy (non-hydrogen) atoms. The molecule has 0 aliphatic carbocycles. The summed E-state index contributed by atoms with van der Waals surface area (Å²) in [6, 6.07) is 5.52. The molecular formula is C16H28N2O2S. The molecule has 4 nitrogen and oxygen atoms in total. The number of nitrogens with one attached hydrogen (secondary N) is 1. The van der Waals surface area contributed by atoms with E-state index in [2.05, 4.69) is 12.2 Å². The number of sulfonamides is 1. The van der Waals surface area contributed by atoms with Crippen LogP contribution in [0, 0.1) is 0 Å². The normalized spacial score (nSPS) is 12.3. The molecule has 1 N–H and O–H groups in total. The van der Waals surface area contributed by atoms with E-state index in [-0.39, 0.29) is 6.04 Å². The van der Waals surface area contributed by atoms with E-state index in [1.807, 2.05) is 33.0 Å². The van der Waals surface area contributed by atoms with Gasteiger partial charge in [0, 0.05) is 19.6 Å². The highest BCUT2D eigenvalue weighted by molar-refractivity contribution is 7.89. The van der Waals surface area contributed by atoms with Crippen LogP contribution in [0.3, 0.4) is 0 Å². The predicted molar refractivity (Wildman–Crippen MR) is 87.9 cm³/mol. The molecule has 1 aromatic carbocycles. The van der Waals surface area contributed by atoms with Crippen molar-refractivity contribution >= 4 is 10.0 Å². The summed E-state index contributed by atoms with van der Waals surface area (Å²) in [5.41, 5.74) is 2.24. The smallest absolute Gasteiger partial charge is 0.243 e. The third-order valence-corrected chi connectivity index (χ3v) is 5.97. The zero-order chi connectivity index (χ0) is 16.0. The van der Waals surface area contributed by atoms with Gasteiger partial charge in [-0.3, -0.25) is 0 Å². The SMILES string of the molecule is CCc1ccc(S(=O)(=O)N(C)C(CC)CC)cc1CNC. The maximum atomic E-state index is 12.8. The van der Waals surface area contributed by atoms with Gasteiger partial charge >= 0.3 is 0 Å². The van der Waals surface area contributed by atoms with Crippen LogP contribution in [0.1, 0.15) is 44.7 Å². The summed E-state index contributed by atoms with van der Waals surface area (Å²) in [5, 5.41) is 3.10. The van der Waals surface area contributed by atoms with Crippen molar-refractivity contribution in [3.05, 3.63) is 29.3 Å². The van der Waals surface area contributed by atoms with E-state index < -0.39 is 10.0 Å². The molecule has 5 heteroatoms. The lowest BCUT2D eigenvalue weighted by Crippen LogP contribution is -2.36. The Labute approximate surface area is 129 Å². The first-order valence-corrected chi connectivity index (χ1v) is 9.10. The van der Waals surface area contributed by atoms with Crippen LogP contribution in [-0.2, 0) is 23.0 Å². The van der Waals surface area contributed by atoms with Crippen LogP contribution in [0.4, 0.5) is 0 Å². The lowest BCUT2D eigenvalue weighted by atomic mass is 10.1. The van der Waals surface area contributed by atoms with Gasteiger partial charge in [-0.2, -0.15) is 4.31 Å². The quantitative estimate of drug-likeness (QED) is 0.803. The molecule has 0 fully saturated rings. The zero-order valence-electron chi connectivity index (χ0n) is 13.8. The van der Waals surface area contributed by atoms with E-state index in [9.17, 15) is 8.42 Å². The van der Waals surface area contributed by atoms with Crippen LogP contribution in [0.2, 0.25) is 0 Å². The summed E-state index contributed by atoms with van der Waals surface area (Å²) in [7, 11) is 0.128. The standard InChI is InChI=1S/C16H28N2O2S/c1-6-13-9-10-16(11-14(13)12-17-4)21(19,20)18(5)15(7-2)8-3/h9-11,15,17H,6-8,12H2,1-5H3. The van der Waals surface area contributed by atoms with Crippen LogP contribution >= 0.6 is 0 Å². The molecule has 0 aliphatic heterocycles. The third-order valence-electron chi connectivity index (χ3n) is 4.06. The number of aryl methyl sites for hydroxylation is 1. The third kappa shape index (κ3) is 4.05. The Morgan fingerprint density at radius 3 is 2.24 bits per heavy atom. The Bertz CT molecular complexity index is 551. The van der Waals surface area contributed by atoms with Gasteiger partial charge in [0.1, 0.15) is 0 Å². The van der Waals surface area contributed by atoms with Gasteiger partial charge in [0.15, 0.2) is 0 Å². The highest BCUT2D eigenvalue weighted by Crippen LogP contribution is 2.22. The van der Waals surface area contributed by atoms with Crippen LogP contribution in [0.15, 0.2) is 23.1 Å². The molecule has 0 saturated heterocycles. The summed E-state index contributed by atoms with van der Waals surface area (Å²) in [6.07, 6.45) is 2.55. The molecule has 0 heterocycles. The average Bonchev–Trinajstić information content (AvgIpc) is 2.48. The van der Waals surface area contributed by atoms with E-state index >= 15 is 0 Å². The van der Waals surface area contributed by atoms with E-state index in [4.69, 9.17) is 0 Å². The van der Waals surface area contributed by atoms with Gasteiger partial charge in [-0.05, 0) is 49.6 Å². The van der Waals surface area contributed by atoms with Gasteiger partial charge in [-0.15, -0.1) is 0 Å². The van der Waals surface area contributed by atoms with Crippen LogP contribution in [-0.4, -0.2) is 32.9 Å². The number of hydrogen-bond donors (Lipinski definition) is 1. The second-order valence-corrected chi connectivity index (χ2v) is 7.30. The first-order chi connectivity index (χ1) is 9.92. The van der Waals surface area contributed by atoms with Gasteiger partial charge in [0.2, 0.25) is 10.0 Å². The van der Waals surface area contributed by atoms with Crippen molar-refractivity contribution < 1.29 is 8.42 Å². The molecule has 0 radical (unpaired) electrons. The van der Waals surface area contributed by atoms with Crippen molar-refractivity contribution in [3.63, 3.8) is 0 Å². The first kappa shape index (κ1) is 18.1. The van der Waals surface area contributed by atoms with Gasteiger partial charge in [0.25, 0.3) is 0 Å². The van der Waals surface area contributed by atoms with Crippen molar-refractivity contribution in [1.82, 2.24) is 9.62 Å². The number of nitrogens with zero attached hydrogens (tertiary/aromatic N) is 1. The van der Waals surface area contributed by atoms with Crippen LogP contribution in [0.25, 0.3) is 0 Å². The Morgan fingerprint density at radius 2 is 1.76 bits per heavy atom. The summed E-state index contributed by atoms with van der Waals surface area (Å²) in [5.74, 6) is 0. The average molecular weight is 312 g/mol. The van der Waals surface area contributed by atoms with Crippen LogP contribution in [0.5, 0.6) is 0 Å². The number of rotatable bonds is 8. The van der Waals surface area contributed by atoms with Gasteiger partial charge in [-0.25, -0.2) is 8.42 Å². The molecule has 0 unspecified atom stereocenters. The molecule has 0 atom stereocenters. The topological polar surface area (TPSA) is 49.4 Å². The minimum absolute atomic E-state index is 0.0496. The highest BCUT2D eigenvalue weighted by atomic mass is 32.2. The van der Waals surface area contributed by atoms with Crippen molar-refractivity contribution in [2.45, 2.75) is 57.5 Å². The maximum absolute atomic E-state index is 12.8. The fraction of sp³-hybridized carbons (Fsp3) is 0.625. The molecule has 0 spiro atoms. The molecule has 1 aromatic rings. The van der Waals surface area contributed by atoms with Gasteiger partial charge in [-0.1, -0.05) is 26.8 Å². The van der Waals surface area contributed by atoms with Gasteiger partial charge in [0.05, 0.1) is 4.90 Å². The fourth-order valence-electron chi connectivity index (χ4n) is 2.63. The minimum atomic E-state index is -3.42. The molecule has 1 rings (SSSR count). The number of benzene rings is 1. The predicted octanol–water partition coefficient (Wildman–Crippen LogP) is 2.78. The summed E-state index contributed by atoms with van der Waals surface area (Å²) >= 11 is 0. The molecule has 0 aromatic heterocycles. The van der Waals surface area contributed by atoms with E-state index in [1.54, 1.807) is 13.1 Å². The molecule has 0 bridgehead atoms. The Balaban J connectivity index is 3.22. The molecule has 0 amide bonds. The minimum Gasteiger partial charge on any atom is -0.316 e. The summed E-state index contributed by atoms with van der Waals surface area (Å²) < 4.78 is 27.0. The highest BCUT2D eigenvalue weighted by Gasteiger charge is 2.26. The van der Waals surface area contributed by atoms with Crippen molar-refractivity contribution in [3.8, 4) is 0 Å². The van der Waals surface area contributed by atoms with E-state index in [0.717, 1.165) is 24.8 Å². The van der Waals surface area contributed by atoms with E-state index in [0.29, 0.717) is 11.4 Å². The monoisotopic (exact) mass is 312 g/mol. The van der Waals surface area contributed by atoms with E-state index in [1.165, 1.54) is 9.87 Å². The van der Waals surface area contributed by atoms with Crippen molar-refractivity contribution in [2.75, 3.05) is 14.1 Å². The largest absolute Gasteiger partial charge is 0.316 e. The molecule has 0 aliphatic rings.